The highest BCUT2D eigenvalue weighted by Gasteiger charge is 2.21. The average Bonchev–Trinajstić information content (AvgIpc) is 2.81. The van der Waals surface area contributed by atoms with Crippen molar-refractivity contribution in [3.63, 3.8) is 0 Å². The van der Waals surface area contributed by atoms with Gasteiger partial charge in [-0.3, -0.25) is 0 Å². The lowest BCUT2D eigenvalue weighted by atomic mass is 10.1. The molecule has 1 aliphatic rings. The Labute approximate surface area is 137 Å². The van der Waals surface area contributed by atoms with Gasteiger partial charge in [-0.2, -0.15) is 0 Å². The van der Waals surface area contributed by atoms with Crippen LogP contribution in [0.2, 0.25) is 0 Å². The Morgan fingerprint density at radius 1 is 1.43 bits per heavy atom. The molecule has 0 radical (unpaired) electrons. The van der Waals surface area contributed by atoms with E-state index in [0.717, 1.165) is 19.0 Å². The molecular formula is C17H28BrN3. The van der Waals surface area contributed by atoms with Crippen LogP contribution in [0, 0.1) is 5.92 Å². The Balaban J connectivity index is 1.96. The van der Waals surface area contributed by atoms with Crippen LogP contribution in [0.25, 0.3) is 0 Å². The highest BCUT2D eigenvalue weighted by molar-refractivity contribution is 9.10. The molecule has 118 valence electrons. The molecule has 1 fully saturated rings. The number of hydrogen-bond acceptors (Lipinski definition) is 3. The lowest BCUT2D eigenvalue weighted by molar-refractivity contribution is 0.396. The zero-order chi connectivity index (χ0) is 15.4. The van der Waals surface area contributed by atoms with Gasteiger partial charge in [0.25, 0.3) is 0 Å². The van der Waals surface area contributed by atoms with Crippen molar-refractivity contribution in [2.24, 2.45) is 5.92 Å². The minimum absolute atomic E-state index is 0.519. The van der Waals surface area contributed by atoms with Crippen LogP contribution >= 0.6 is 15.9 Å². The van der Waals surface area contributed by atoms with Gasteiger partial charge in [-0.25, -0.2) is 0 Å². The molecule has 0 amide bonds. The molecule has 21 heavy (non-hydrogen) atoms. The maximum absolute atomic E-state index is 3.74. The van der Waals surface area contributed by atoms with E-state index in [1.807, 2.05) is 0 Å². The second kappa shape index (κ2) is 7.61. The maximum atomic E-state index is 3.74. The van der Waals surface area contributed by atoms with E-state index in [4.69, 9.17) is 0 Å². The number of rotatable bonds is 6. The van der Waals surface area contributed by atoms with Gasteiger partial charge in [-0.15, -0.1) is 0 Å². The first kappa shape index (κ1) is 16.8. The van der Waals surface area contributed by atoms with Crippen molar-refractivity contribution < 1.29 is 0 Å². The second-order valence-electron chi connectivity index (χ2n) is 6.62. The highest BCUT2D eigenvalue weighted by Crippen LogP contribution is 2.28. The molecule has 0 saturated carbocycles. The molecular weight excluding hydrogens is 326 g/mol. The summed E-state index contributed by atoms with van der Waals surface area (Å²) in [6.45, 7) is 8.86. The van der Waals surface area contributed by atoms with Crippen molar-refractivity contribution in [1.29, 1.82) is 0 Å². The summed E-state index contributed by atoms with van der Waals surface area (Å²) in [6, 6.07) is 7.22. The summed E-state index contributed by atoms with van der Waals surface area (Å²) in [5.41, 5.74) is 2.62. The van der Waals surface area contributed by atoms with Gasteiger partial charge in [0, 0.05) is 37.2 Å². The van der Waals surface area contributed by atoms with Gasteiger partial charge in [0.2, 0.25) is 0 Å². The van der Waals surface area contributed by atoms with Crippen molar-refractivity contribution in [3.8, 4) is 0 Å². The Bertz CT molecular complexity index is 461. The van der Waals surface area contributed by atoms with Crippen molar-refractivity contribution in [3.05, 3.63) is 28.2 Å². The van der Waals surface area contributed by atoms with Crippen LogP contribution in [0.5, 0.6) is 0 Å². The normalized spacial score (nSPS) is 19.4. The third-order valence-corrected chi connectivity index (χ3v) is 4.79. The van der Waals surface area contributed by atoms with Crippen molar-refractivity contribution in [2.75, 3.05) is 38.6 Å². The van der Waals surface area contributed by atoms with E-state index in [-0.39, 0.29) is 0 Å². The quantitative estimate of drug-likeness (QED) is 0.845. The molecule has 0 bridgehead atoms. The van der Waals surface area contributed by atoms with Crippen LogP contribution in [-0.2, 0) is 6.54 Å². The average molecular weight is 354 g/mol. The first-order valence-electron chi connectivity index (χ1n) is 7.87. The fourth-order valence-corrected chi connectivity index (χ4v) is 3.68. The molecule has 1 aromatic carbocycles. The molecule has 1 atom stereocenters. The van der Waals surface area contributed by atoms with E-state index in [9.17, 15) is 0 Å². The Morgan fingerprint density at radius 2 is 2.19 bits per heavy atom. The second-order valence-corrected chi connectivity index (χ2v) is 7.47. The van der Waals surface area contributed by atoms with Crippen molar-refractivity contribution in [2.45, 2.75) is 32.9 Å². The minimum Gasteiger partial charge on any atom is -0.373 e. The number of benzene rings is 1. The van der Waals surface area contributed by atoms with Crippen LogP contribution in [0.1, 0.15) is 25.8 Å². The summed E-state index contributed by atoms with van der Waals surface area (Å²) in [5, 5.41) is 3.46. The molecule has 1 unspecified atom stereocenters. The van der Waals surface area contributed by atoms with Gasteiger partial charge in [0.05, 0.1) is 5.69 Å². The van der Waals surface area contributed by atoms with Gasteiger partial charge < -0.3 is 15.1 Å². The Kier molecular flexibility index (Phi) is 6.08. The van der Waals surface area contributed by atoms with E-state index in [1.54, 1.807) is 0 Å². The van der Waals surface area contributed by atoms with E-state index >= 15 is 0 Å². The van der Waals surface area contributed by atoms with Crippen LogP contribution in [-0.4, -0.2) is 44.7 Å². The number of anilines is 1. The molecule has 2 rings (SSSR count). The fourth-order valence-electron chi connectivity index (χ4n) is 2.95. The number of nitrogens with zero attached hydrogens (tertiary/aromatic N) is 2. The van der Waals surface area contributed by atoms with Crippen molar-refractivity contribution >= 4 is 21.6 Å². The van der Waals surface area contributed by atoms with Gasteiger partial charge in [0.1, 0.15) is 0 Å². The van der Waals surface area contributed by atoms with Gasteiger partial charge in [-0.05, 0) is 59.6 Å². The summed E-state index contributed by atoms with van der Waals surface area (Å²) < 4.78 is 1.19. The summed E-state index contributed by atoms with van der Waals surface area (Å²) >= 11 is 3.74. The SMILES string of the molecule is CC(C)NCc1ccc(N(C)CC2CCN(C)C2)c(Br)c1. The monoisotopic (exact) mass is 353 g/mol. The molecule has 3 nitrogen and oxygen atoms in total. The summed E-state index contributed by atoms with van der Waals surface area (Å²) in [7, 11) is 4.41. The molecule has 4 heteroatoms. The van der Waals surface area contributed by atoms with E-state index in [0.29, 0.717) is 6.04 Å². The molecule has 0 aliphatic carbocycles. The predicted octanol–water partition coefficient (Wildman–Crippen LogP) is 3.34. The summed E-state index contributed by atoms with van der Waals surface area (Å²) in [4.78, 5) is 4.81. The standard InChI is InChI=1S/C17H28BrN3/c1-13(2)19-10-14-5-6-17(16(18)9-14)21(4)12-15-7-8-20(3)11-15/h5-6,9,13,15,19H,7-8,10-12H2,1-4H3. The lowest BCUT2D eigenvalue weighted by Gasteiger charge is -2.24. The van der Waals surface area contributed by atoms with Crippen LogP contribution < -0.4 is 10.2 Å². The van der Waals surface area contributed by atoms with Crippen LogP contribution in [0.3, 0.4) is 0 Å². The maximum Gasteiger partial charge on any atom is 0.0508 e. The Hall–Kier alpha value is -0.580. The zero-order valence-electron chi connectivity index (χ0n) is 13.7. The van der Waals surface area contributed by atoms with Gasteiger partial charge in [-0.1, -0.05) is 19.9 Å². The third-order valence-electron chi connectivity index (χ3n) is 4.16. The lowest BCUT2D eigenvalue weighted by Crippen LogP contribution is -2.27. The minimum atomic E-state index is 0.519. The fraction of sp³-hybridized carbons (Fsp3) is 0.647. The topological polar surface area (TPSA) is 18.5 Å². The van der Waals surface area contributed by atoms with Crippen LogP contribution in [0.4, 0.5) is 5.69 Å². The molecule has 1 aliphatic heterocycles. The largest absolute Gasteiger partial charge is 0.373 e. The zero-order valence-corrected chi connectivity index (χ0v) is 15.3. The first-order chi connectivity index (χ1) is 9.95. The van der Waals surface area contributed by atoms with E-state index in [2.05, 4.69) is 77.2 Å². The third kappa shape index (κ3) is 4.97. The molecule has 1 N–H and O–H groups in total. The number of nitrogens with one attached hydrogen (secondary N) is 1. The molecule has 1 heterocycles. The smallest absolute Gasteiger partial charge is 0.0508 e. The van der Waals surface area contributed by atoms with Gasteiger partial charge >= 0.3 is 0 Å². The molecule has 0 spiro atoms. The van der Waals surface area contributed by atoms with Crippen LogP contribution in [0.15, 0.2) is 22.7 Å². The van der Waals surface area contributed by atoms with Crippen molar-refractivity contribution in [1.82, 2.24) is 10.2 Å². The Morgan fingerprint density at radius 3 is 2.76 bits per heavy atom. The summed E-state index contributed by atoms with van der Waals surface area (Å²) in [5.74, 6) is 0.786. The highest BCUT2D eigenvalue weighted by atomic mass is 79.9. The number of hydrogen-bond donors (Lipinski definition) is 1. The predicted molar refractivity (Wildman–Crippen MR) is 95.0 cm³/mol. The first-order valence-corrected chi connectivity index (χ1v) is 8.66. The number of likely N-dealkylation sites (tertiary alicyclic amines) is 1. The van der Waals surface area contributed by atoms with Gasteiger partial charge in [0.15, 0.2) is 0 Å². The van der Waals surface area contributed by atoms with E-state index < -0.39 is 0 Å². The number of halogens is 1. The molecule has 0 aromatic heterocycles. The molecule has 1 saturated heterocycles. The summed E-state index contributed by atoms with van der Waals surface area (Å²) in [6.07, 6.45) is 1.31. The molecule has 1 aromatic rings. The van der Waals surface area contributed by atoms with E-state index in [1.165, 1.54) is 35.2 Å².